The maximum Gasteiger partial charge on any atom is 0.323 e. The van der Waals surface area contributed by atoms with Crippen molar-refractivity contribution in [1.29, 1.82) is 0 Å². The number of hydrogen-bond acceptors (Lipinski definition) is 7. The van der Waals surface area contributed by atoms with Gasteiger partial charge in [0.1, 0.15) is 0 Å². The molecule has 108 valence electrons. The Morgan fingerprint density at radius 3 is 2.42 bits per heavy atom. The molecule has 0 saturated carbocycles. The fraction of sp³-hybridized carbons (Fsp3) is 0.750. The maximum absolute atomic E-state index is 5.34. The van der Waals surface area contributed by atoms with Crippen molar-refractivity contribution in [2.45, 2.75) is 33.7 Å². The Morgan fingerprint density at radius 1 is 1.05 bits per heavy atom. The van der Waals surface area contributed by atoms with Gasteiger partial charge >= 0.3 is 6.01 Å². The van der Waals surface area contributed by atoms with Gasteiger partial charge in [0.2, 0.25) is 11.9 Å². The summed E-state index contributed by atoms with van der Waals surface area (Å²) in [4.78, 5) is 12.6. The highest BCUT2D eigenvalue weighted by molar-refractivity contribution is 5.36. The topological polar surface area (TPSA) is 81.2 Å². The number of hydrogen-bond donors (Lipinski definition) is 2. The Bertz CT molecular complexity index is 351. The SMILES string of the molecule is CCNc1nc(NC(C)COCC)nc(OCC)n1. The summed E-state index contributed by atoms with van der Waals surface area (Å²) in [5.41, 5.74) is 0. The molecule has 0 fully saturated rings. The molecule has 0 aliphatic carbocycles. The predicted molar refractivity (Wildman–Crippen MR) is 74.7 cm³/mol. The smallest absolute Gasteiger partial charge is 0.323 e. The molecule has 0 radical (unpaired) electrons. The van der Waals surface area contributed by atoms with Crippen molar-refractivity contribution in [2.24, 2.45) is 0 Å². The van der Waals surface area contributed by atoms with Gasteiger partial charge < -0.3 is 20.1 Å². The van der Waals surface area contributed by atoms with E-state index in [0.717, 1.165) is 6.54 Å². The summed E-state index contributed by atoms with van der Waals surface area (Å²) in [6.07, 6.45) is 0. The monoisotopic (exact) mass is 269 g/mol. The van der Waals surface area contributed by atoms with Crippen LogP contribution in [0.5, 0.6) is 6.01 Å². The van der Waals surface area contributed by atoms with Crippen molar-refractivity contribution in [3.63, 3.8) is 0 Å². The average Bonchev–Trinajstić information content (AvgIpc) is 2.37. The number of aromatic nitrogens is 3. The zero-order chi connectivity index (χ0) is 14.1. The Labute approximate surface area is 114 Å². The van der Waals surface area contributed by atoms with Gasteiger partial charge in [-0.15, -0.1) is 0 Å². The van der Waals surface area contributed by atoms with Crippen molar-refractivity contribution >= 4 is 11.9 Å². The van der Waals surface area contributed by atoms with Crippen LogP contribution in [0.15, 0.2) is 0 Å². The zero-order valence-corrected chi connectivity index (χ0v) is 12.1. The van der Waals surface area contributed by atoms with Crippen LogP contribution in [0, 0.1) is 0 Å². The predicted octanol–water partition coefficient (Wildman–Crippen LogP) is 1.54. The van der Waals surface area contributed by atoms with Crippen LogP contribution in [-0.4, -0.2) is 47.4 Å². The maximum atomic E-state index is 5.34. The van der Waals surface area contributed by atoms with Crippen molar-refractivity contribution in [3.05, 3.63) is 0 Å². The molecule has 1 aromatic heterocycles. The number of anilines is 2. The first-order valence-electron chi connectivity index (χ1n) is 6.66. The lowest BCUT2D eigenvalue weighted by atomic mass is 10.4. The Hall–Kier alpha value is -1.63. The van der Waals surface area contributed by atoms with E-state index >= 15 is 0 Å². The van der Waals surface area contributed by atoms with Gasteiger partial charge in [-0.05, 0) is 27.7 Å². The fourth-order valence-corrected chi connectivity index (χ4v) is 1.41. The Morgan fingerprint density at radius 2 is 1.79 bits per heavy atom. The normalized spacial score (nSPS) is 12.0. The molecule has 0 aliphatic heterocycles. The molecule has 19 heavy (non-hydrogen) atoms. The molecule has 0 aromatic carbocycles. The first-order valence-corrected chi connectivity index (χ1v) is 6.66. The summed E-state index contributed by atoms with van der Waals surface area (Å²) < 4.78 is 10.7. The lowest BCUT2D eigenvalue weighted by Crippen LogP contribution is -2.23. The minimum Gasteiger partial charge on any atom is -0.464 e. The molecule has 0 spiro atoms. The molecule has 0 saturated heterocycles. The number of ether oxygens (including phenoxy) is 2. The lowest BCUT2D eigenvalue weighted by molar-refractivity contribution is 0.141. The van der Waals surface area contributed by atoms with Gasteiger partial charge in [0.15, 0.2) is 0 Å². The van der Waals surface area contributed by atoms with Gasteiger partial charge in [-0.25, -0.2) is 0 Å². The van der Waals surface area contributed by atoms with Crippen LogP contribution in [0.2, 0.25) is 0 Å². The highest BCUT2D eigenvalue weighted by Gasteiger charge is 2.09. The summed E-state index contributed by atoms with van der Waals surface area (Å²) in [6.45, 7) is 10.4. The highest BCUT2D eigenvalue weighted by atomic mass is 16.5. The minimum atomic E-state index is 0.117. The summed E-state index contributed by atoms with van der Waals surface area (Å²) in [7, 11) is 0. The van der Waals surface area contributed by atoms with Crippen molar-refractivity contribution < 1.29 is 9.47 Å². The van der Waals surface area contributed by atoms with Crippen LogP contribution in [0.1, 0.15) is 27.7 Å². The molecule has 1 atom stereocenters. The number of rotatable bonds is 9. The standard InChI is InChI=1S/C12H23N5O2/c1-5-13-10-15-11(14-9(4)8-18-6-2)17-12(16-10)19-7-3/h9H,5-8H2,1-4H3,(H2,13,14,15,16,17). The summed E-state index contributed by atoms with van der Waals surface area (Å²) in [5.74, 6) is 0.994. The second-order valence-corrected chi connectivity index (χ2v) is 3.93. The van der Waals surface area contributed by atoms with Gasteiger partial charge in [-0.3, -0.25) is 0 Å². The molecule has 1 aromatic rings. The Balaban J connectivity index is 2.74. The summed E-state index contributed by atoms with van der Waals surface area (Å²) in [6, 6.07) is 0.436. The molecular formula is C12H23N5O2. The first-order chi connectivity index (χ1) is 9.19. The van der Waals surface area contributed by atoms with Gasteiger partial charge in [0, 0.05) is 19.2 Å². The Kier molecular flexibility index (Phi) is 6.88. The molecular weight excluding hydrogens is 246 g/mol. The minimum absolute atomic E-state index is 0.117. The van der Waals surface area contributed by atoms with Gasteiger partial charge in [-0.1, -0.05) is 0 Å². The van der Waals surface area contributed by atoms with E-state index in [-0.39, 0.29) is 6.04 Å². The summed E-state index contributed by atoms with van der Waals surface area (Å²) in [5, 5.41) is 6.22. The fourth-order valence-electron chi connectivity index (χ4n) is 1.41. The van der Waals surface area contributed by atoms with Crippen molar-refractivity contribution in [1.82, 2.24) is 15.0 Å². The molecule has 0 aliphatic rings. The molecule has 2 N–H and O–H groups in total. The van der Waals surface area contributed by atoms with Crippen molar-refractivity contribution in [2.75, 3.05) is 37.0 Å². The van der Waals surface area contributed by atoms with Crippen LogP contribution < -0.4 is 15.4 Å². The van der Waals surface area contributed by atoms with Gasteiger partial charge in [0.05, 0.1) is 13.2 Å². The van der Waals surface area contributed by atoms with E-state index in [4.69, 9.17) is 9.47 Å². The molecule has 1 unspecified atom stereocenters. The van der Waals surface area contributed by atoms with Gasteiger partial charge in [-0.2, -0.15) is 15.0 Å². The largest absolute Gasteiger partial charge is 0.464 e. The second kappa shape index (κ2) is 8.47. The molecule has 0 amide bonds. The molecule has 0 bridgehead atoms. The molecule has 1 heterocycles. The first kappa shape index (κ1) is 15.4. The number of nitrogens with zero attached hydrogens (tertiary/aromatic N) is 3. The summed E-state index contributed by atoms with van der Waals surface area (Å²) >= 11 is 0. The van der Waals surface area contributed by atoms with Crippen LogP contribution in [-0.2, 0) is 4.74 Å². The second-order valence-electron chi connectivity index (χ2n) is 3.93. The van der Waals surface area contributed by atoms with E-state index in [2.05, 4.69) is 25.6 Å². The van der Waals surface area contributed by atoms with Crippen molar-refractivity contribution in [3.8, 4) is 6.01 Å². The third-order valence-electron chi connectivity index (χ3n) is 2.17. The quantitative estimate of drug-likeness (QED) is 0.703. The average molecular weight is 269 g/mol. The third kappa shape index (κ3) is 5.69. The van der Waals surface area contributed by atoms with E-state index < -0.39 is 0 Å². The van der Waals surface area contributed by atoms with E-state index in [1.165, 1.54) is 0 Å². The van der Waals surface area contributed by atoms with Crippen LogP contribution >= 0.6 is 0 Å². The molecule has 7 heteroatoms. The van der Waals surface area contributed by atoms with E-state index in [9.17, 15) is 0 Å². The van der Waals surface area contributed by atoms with E-state index in [1.54, 1.807) is 0 Å². The lowest BCUT2D eigenvalue weighted by Gasteiger charge is -2.14. The molecule has 7 nitrogen and oxygen atoms in total. The van der Waals surface area contributed by atoms with E-state index in [0.29, 0.717) is 37.7 Å². The highest BCUT2D eigenvalue weighted by Crippen LogP contribution is 2.12. The zero-order valence-electron chi connectivity index (χ0n) is 12.1. The van der Waals surface area contributed by atoms with Crippen LogP contribution in [0.4, 0.5) is 11.9 Å². The third-order valence-corrected chi connectivity index (χ3v) is 2.17. The molecule has 1 rings (SSSR count). The van der Waals surface area contributed by atoms with E-state index in [1.807, 2.05) is 27.7 Å². The number of nitrogens with one attached hydrogen (secondary N) is 2. The van der Waals surface area contributed by atoms with Crippen LogP contribution in [0.25, 0.3) is 0 Å². The van der Waals surface area contributed by atoms with Gasteiger partial charge in [0.25, 0.3) is 0 Å². The van der Waals surface area contributed by atoms with Crippen LogP contribution in [0.3, 0.4) is 0 Å².